The zero-order valence-electron chi connectivity index (χ0n) is 14.4. The molecule has 0 spiro atoms. The van der Waals surface area contributed by atoms with Gasteiger partial charge in [0.25, 0.3) is 0 Å². The summed E-state index contributed by atoms with van der Waals surface area (Å²) < 4.78 is 26.6. The molecule has 6 heteroatoms. The van der Waals surface area contributed by atoms with Crippen LogP contribution in [-0.4, -0.2) is 28.0 Å². The van der Waals surface area contributed by atoms with Crippen molar-refractivity contribution in [1.29, 1.82) is 0 Å². The molecule has 1 unspecified atom stereocenters. The molecule has 2 aliphatic rings. The normalized spacial score (nSPS) is 21.6. The Kier molecular flexibility index (Phi) is 4.97. The van der Waals surface area contributed by atoms with Gasteiger partial charge in [-0.3, -0.25) is 0 Å². The van der Waals surface area contributed by atoms with Crippen molar-refractivity contribution in [1.82, 2.24) is 14.8 Å². The third-order valence-electron chi connectivity index (χ3n) is 5.08. The molecule has 1 aromatic carbocycles. The average molecular weight is 345 g/mol. The van der Waals surface area contributed by atoms with E-state index in [0.717, 1.165) is 38.3 Å². The van der Waals surface area contributed by atoms with Crippen LogP contribution < -0.4 is 4.74 Å². The van der Waals surface area contributed by atoms with Gasteiger partial charge in [0.05, 0.1) is 12.6 Å². The number of hydrogen-bond donors (Lipinski definition) is 0. The van der Waals surface area contributed by atoms with Crippen LogP contribution in [0.15, 0.2) is 24.3 Å². The quantitative estimate of drug-likeness (QED) is 0.822. The van der Waals surface area contributed by atoms with Crippen LogP contribution in [0.25, 0.3) is 0 Å². The van der Waals surface area contributed by atoms with Gasteiger partial charge in [-0.1, -0.05) is 25.3 Å². The standard InChI is InChI=1S/C19H24FN3O2/c20-15-5-4-8-17(11-15)25-13-18-21-19(14-9-10-24-12-14)23(22-18)16-6-2-1-3-7-16/h4-5,8,11,14,16H,1-3,6-7,9-10,12-13H2. The number of nitrogens with zero attached hydrogens (tertiary/aromatic N) is 3. The highest BCUT2D eigenvalue weighted by Gasteiger charge is 2.28. The second-order valence-electron chi connectivity index (χ2n) is 6.93. The fourth-order valence-corrected chi connectivity index (χ4v) is 3.76. The molecule has 0 N–H and O–H groups in total. The Bertz CT molecular complexity index is 706. The van der Waals surface area contributed by atoms with Crippen LogP contribution in [-0.2, 0) is 11.3 Å². The van der Waals surface area contributed by atoms with Crippen LogP contribution in [0.1, 0.15) is 62.1 Å². The summed E-state index contributed by atoms with van der Waals surface area (Å²) in [5.74, 6) is 2.21. The average Bonchev–Trinajstić information content (AvgIpc) is 3.30. The Morgan fingerprint density at radius 1 is 1.20 bits per heavy atom. The van der Waals surface area contributed by atoms with Crippen molar-refractivity contribution in [2.75, 3.05) is 13.2 Å². The number of ether oxygens (including phenoxy) is 2. The fraction of sp³-hybridized carbons (Fsp3) is 0.579. The molecule has 1 aromatic heterocycles. The van der Waals surface area contributed by atoms with E-state index in [2.05, 4.69) is 4.68 Å². The van der Waals surface area contributed by atoms with Crippen molar-refractivity contribution in [2.45, 2.75) is 57.1 Å². The van der Waals surface area contributed by atoms with E-state index in [1.807, 2.05) is 0 Å². The van der Waals surface area contributed by atoms with Gasteiger partial charge in [0.2, 0.25) is 0 Å². The van der Waals surface area contributed by atoms with Gasteiger partial charge in [-0.25, -0.2) is 14.1 Å². The van der Waals surface area contributed by atoms with Gasteiger partial charge in [-0.2, -0.15) is 5.10 Å². The lowest BCUT2D eigenvalue weighted by Crippen LogP contribution is -2.19. The van der Waals surface area contributed by atoms with Gasteiger partial charge in [0.1, 0.15) is 24.0 Å². The van der Waals surface area contributed by atoms with Crippen molar-refractivity contribution in [3.63, 3.8) is 0 Å². The first kappa shape index (κ1) is 16.5. The fourth-order valence-electron chi connectivity index (χ4n) is 3.76. The van der Waals surface area contributed by atoms with E-state index in [0.29, 0.717) is 23.5 Å². The largest absolute Gasteiger partial charge is 0.485 e. The molecular formula is C19H24FN3O2. The van der Waals surface area contributed by atoms with Crippen molar-refractivity contribution in [3.8, 4) is 5.75 Å². The van der Waals surface area contributed by atoms with E-state index in [1.165, 1.54) is 31.4 Å². The monoisotopic (exact) mass is 345 g/mol. The van der Waals surface area contributed by atoms with Crippen LogP contribution >= 0.6 is 0 Å². The Hall–Kier alpha value is -1.95. The van der Waals surface area contributed by atoms with E-state index >= 15 is 0 Å². The summed E-state index contributed by atoms with van der Waals surface area (Å²) in [6.07, 6.45) is 7.13. The molecule has 1 atom stereocenters. The van der Waals surface area contributed by atoms with Gasteiger partial charge < -0.3 is 9.47 Å². The zero-order valence-corrected chi connectivity index (χ0v) is 14.4. The second kappa shape index (κ2) is 7.52. The van der Waals surface area contributed by atoms with Gasteiger partial charge in [-0.05, 0) is 31.4 Å². The first-order valence-corrected chi connectivity index (χ1v) is 9.21. The maximum atomic E-state index is 13.3. The highest BCUT2D eigenvalue weighted by molar-refractivity contribution is 5.22. The Labute approximate surface area is 147 Å². The first-order chi connectivity index (χ1) is 12.3. The summed E-state index contributed by atoms with van der Waals surface area (Å²) in [4.78, 5) is 4.76. The van der Waals surface area contributed by atoms with E-state index in [4.69, 9.17) is 19.6 Å². The van der Waals surface area contributed by atoms with Crippen molar-refractivity contribution in [3.05, 3.63) is 41.7 Å². The molecule has 134 valence electrons. The van der Waals surface area contributed by atoms with E-state index in [1.54, 1.807) is 12.1 Å². The van der Waals surface area contributed by atoms with E-state index < -0.39 is 0 Å². The predicted octanol–water partition coefficient (Wildman–Crippen LogP) is 4.01. The Balaban J connectivity index is 1.53. The van der Waals surface area contributed by atoms with Gasteiger partial charge >= 0.3 is 0 Å². The number of aromatic nitrogens is 3. The molecule has 2 heterocycles. The van der Waals surface area contributed by atoms with Crippen LogP contribution in [0.3, 0.4) is 0 Å². The molecular weight excluding hydrogens is 321 g/mol. The minimum atomic E-state index is -0.304. The molecule has 1 aliphatic carbocycles. The molecule has 5 nitrogen and oxygen atoms in total. The predicted molar refractivity (Wildman–Crippen MR) is 91.1 cm³/mol. The number of hydrogen-bond acceptors (Lipinski definition) is 4. The molecule has 2 fully saturated rings. The van der Waals surface area contributed by atoms with Gasteiger partial charge in [0, 0.05) is 18.6 Å². The molecule has 0 amide bonds. The third-order valence-corrected chi connectivity index (χ3v) is 5.08. The number of halogens is 1. The van der Waals surface area contributed by atoms with Crippen LogP contribution in [0.4, 0.5) is 4.39 Å². The van der Waals surface area contributed by atoms with Crippen LogP contribution in [0.5, 0.6) is 5.75 Å². The minimum absolute atomic E-state index is 0.254. The first-order valence-electron chi connectivity index (χ1n) is 9.21. The molecule has 1 aliphatic heterocycles. The van der Waals surface area contributed by atoms with Crippen LogP contribution in [0.2, 0.25) is 0 Å². The molecule has 2 aromatic rings. The maximum Gasteiger partial charge on any atom is 0.188 e. The SMILES string of the molecule is Fc1cccc(OCc2nc(C3CCOC3)n(C3CCCCC3)n2)c1. The van der Waals surface area contributed by atoms with Crippen LogP contribution in [0, 0.1) is 5.82 Å². The number of rotatable bonds is 5. The summed E-state index contributed by atoms with van der Waals surface area (Å²) in [6, 6.07) is 6.59. The molecule has 25 heavy (non-hydrogen) atoms. The van der Waals surface area contributed by atoms with Crippen molar-refractivity contribution >= 4 is 0 Å². The Morgan fingerprint density at radius 2 is 2.08 bits per heavy atom. The third kappa shape index (κ3) is 3.84. The van der Waals surface area contributed by atoms with Crippen molar-refractivity contribution in [2.24, 2.45) is 0 Å². The molecule has 4 rings (SSSR count). The molecule has 0 radical (unpaired) electrons. The minimum Gasteiger partial charge on any atom is -0.485 e. The lowest BCUT2D eigenvalue weighted by atomic mass is 9.95. The van der Waals surface area contributed by atoms with Gasteiger partial charge in [0.15, 0.2) is 5.82 Å². The zero-order chi connectivity index (χ0) is 17.1. The maximum absolute atomic E-state index is 13.3. The van der Waals surface area contributed by atoms with E-state index in [9.17, 15) is 4.39 Å². The van der Waals surface area contributed by atoms with Gasteiger partial charge in [-0.15, -0.1) is 0 Å². The summed E-state index contributed by atoms with van der Waals surface area (Å²) in [7, 11) is 0. The van der Waals surface area contributed by atoms with E-state index in [-0.39, 0.29) is 12.4 Å². The highest BCUT2D eigenvalue weighted by atomic mass is 19.1. The Morgan fingerprint density at radius 3 is 2.84 bits per heavy atom. The molecule has 1 saturated heterocycles. The summed E-state index contributed by atoms with van der Waals surface area (Å²) >= 11 is 0. The lowest BCUT2D eigenvalue weighted by molar-refractivity contribution is 0.191. The topological polar surface area (TPSA) is 49.2 Å². The summed E-state index contributed by atoms with van der Waals surface area (Å²) in [5.41, 5.74) is 0. The summed E-state index contributed by atoms with van der Waals surface area (Å²) in [5, 5.41) is 4.75. The highest BCUT2D eigenvalue weighted by Crippen LogP contribution is 2.32. The van der Waals surface area contributed by atoms with Crippen molar-refractivity contribution < 1.29 is 13.9 Å². The lowest BCUT2D eigenvalue weighted by Gasteiger charge is -2.24. The smallest absolute Gasteiger partial charge is 0.188 e. The number of benzene rings is 1. The molecule has 0 bridgehead atoms. The molecule has 1 saturated carbocycles. The second-order valence-corrected chi connectivity index (χ2v) is 6.93. The summed E-state index contributed by atoms with van der Waals surface area (Å²) in [6.45, 7) is 1.76.